The Kier molecular flexibility index (Phi) is 6.93. The first-order valence-corrected chi connectivity index (χ1v) is 11.9. The molecule has 2 aromatic carbocycles. The fourth-order valence-electron chi connectivity index (χ4n) is 4.83. The molecule has 2 heterocycles. The lowest BCUT2D eigenvalue weighted by Gasteiger charge is -2.26. The quantitative estimate of drug-likeness (QED) is 0.416. The van der Waals surface area contributed by atoms with Gasteiger partial charge in [0.2, 0.25) is 5.91 Å². The van der Waals surface area contributed by atoms with Crippen LogP contribution in [-0.4, -0.2) is 34.8 Å². The molecule has 1 aliphatic rings. The summed E-state index contributed by atoms with van der Waals surface area (Å²) in [6, 6.07) is 15.8. The first-order chi connectivity index (χ1) is 15.6. The van der Waals surface area contributed by atoms with Crippen molar-refractivity contribution in [2.24, 2.45) is 0 Å². The van der Waals surface area contributed by atoms with Crippen LogP contribution in [-0.2, 0) is 4.79 Å². The predicted molar refractivity (Wildman–Crippen MR) is 129 cm³/mol. The number of amides is 2. The summed E-state index contributed by atoms with van der Waals surface area (Å²) in [4.78, 5) is 31.1. The van der Waals surface area contributed by atoms with Gasteiger partial charge in [0.05, 0.1) is 6.04 Å². The average molecular weight is 432 g/mol. The number of hydrogen-bond acceptors (Lipinski definition) is 2. The number of aromatic nitrogens is 1. The zero-order chi connectivity index (χ0) is 22.5. The van der Waals surface area contributed by atoms with Crippen LogP contribution in [0, 0.1) is 6.92 Å². The van der Waals surface area contributed by atoms with Gasteiger partial charge in [-0.05, 0) is 31.0 Å². The van der Waals surface area contributed by atoms with Crippen molar-refractivity contribution in [2.75, 3.05) is 13.1 Å². The number of hydrogen-bond donors (Lipinski definition) is 2. The van der Waals surface area contributed by atoms with E-state index < -0.39 is 0 Å². The zero-order valence-electron chi connectivity index (χ0n) is 19.1. The van der Waals surface area contributed by atoms with E-state index in [1.165, 1.54) is 19.3 Å². The highest BCUT2D eigenvalue weighted by Crippen LogP contribution is 2.42. The third-order valence-electron chi connectivity index (χ3n) is 6.46. The molecule has 5 heteroatoms. The van der Waals surface area contributed by atoms with Crippen molar-refractivity contribution in [2.45, 2.75) is 58.4 Å². The molecule has 0 radical (unpaired) electrons. The van der Waals surface area contributed by atoms with Crippen molar-refractivity contribution >= 4 is 22.7 Å². The van der Waals surface area contributed by atoms with Crippen molar-refractivity contribution in [1.82, 2.24) is 15.2 Å². The third kappa shape index (κ3) is 4.43. The summed E-state index contributed by atoms with van der Waals surface area (Å²) in [5.74, 6) is 0.0151. The summed E-state index contributed by atoms with van der Waals surface area (Å²) in [7, 11) is 0. The van der Waals surface area contributed by atoms with Crippen LogP contribution in [0.2, 0.25) is 0 Å². The summed E-state index contributed by atoms with van der Waals surface area (Å²) in [5, 5.41) is 4.15. The average Bonchev–Trinajstić information content (AvgIpc) is 3.27. The monoisotopic (exact) mass is 431 g/mol. The van der Waals surface area contributed by atoms with Gasteiger partial charge in [-0.1, -0.05) is 69.0 Å². The number of nitrogens with one attached hydrogen (secondary N) is 2. The maximum atomic E-state index is 13.3. The van der Waals surface area contributed by atoms with Crippen molar-refractivity contribution < 1.29 is 9.59 Å². The standard InChI is InChI=1S/C27H33N3O2/c1-3-4-5-6-11-17-28-24(31)16-18-30-26(20-12-7-8-13-21(20)27(30)32)25-19(2)29-23-15-10-9-14-22(23)25/h7-10,12-15,26,29H,3-6,11,16-18H2,1-2H3,(H,28,31)/t26-/m0/s1. The van der Waals surface area contributed by atoms with E-state index in [0.717, 1.165) is 46.1 Å². The Morgan fingerprint density at radius 3 is 2.62 bits per heavy atom. The molecule has 2 amide bonds. The summed E-state index contributed by atoms with van der Waals surface area (Å²) in [5.41, 5.74) is 5.00. The van der Waals surface area contributed by atoms with Gasteiger partial charge in [-0.25, -0.2) is 0 Å². The second-order valence-corrected chi connectivity index (χ2v) is 8.71. The van der Waals surface area contributed by atoms with Crippen molar-refractivity contribution in [1.29, 1.82) is 0 Å². The van der Waals surface area contributed by atoms with E-state index in [0.29, 0.717) is 19.5 Å². The lowest BCUT2D eigenvalue weighted by atomic mass is 9.95. The van der Waals surface area contributed by atoms with E-state index in [1.54, 1.807) is 0 Å². The summed E-state index contributed by atoms with van der Waals surface area (Å²) in [6.07, 6.45) is 6.16. The summed E-state index contributed by atoms with van der Waals surface area (Å²) in [6.45, 7) is 5.37. The van der Waals surface area contributed by atoms with Gasteiger partial charge in [-0.15, -0.1) is 0 Å². The third-order valence-corrected chi connectivity index (χ3v) is 6.46. The van der Waals surface area contributed by atoms with Crippen molar-refractivity contribution in [3.63, 3.8) is 0 Å². The minimum absolute atomic E-state index is 0.00245. The van der Waals surface area contributed by atoms with Crippen LogP contribution in [0.25, 0.3) is 10.9 Å². The van der Waals surface area contributed by atoms with Crippen molar-refractivity contribution in [3.8, 4) is 0 Å². The first kappa shape index (κ1) is 22.1. The molecular formula is C27H33N3O2. The Morgan fingerprint density at radius 1 is 1.03 bits per heavy atom. The molecule has 0 bridgehead atoms. The van der Waals surface area contributed by atoms with E-state index in [1.807, 2.05) is 41.3 Å². The molecular weight excluding hydrogens is 398 g/mol. The van der Waals surface area contributed by atoms with Gasteiger partial charge in [0.1, 0.15) is 0 Å². The number of carbonyl (C=O) groups is 2. The number of fused-ring (bicyclic) bond motifs is 2. The van der Waals surface area contributed by atoms with Gasteiger partial charge in [0.15, 0.2) is 0 Å². The second-order valence-electron chi connectivity index (χ2n) is 8.71. The Morgan fingerprint density at radius 2 is 1.78 bits per heavy atom. The SMILES string of the molecule is CCCCCCCNC(=O)CCN1C(=O)c2ccccc2[C@H]1c1c(C)[nH]c2ccccc12. The molecule has 4 rings (SSSR count). The lowest BCUT2D eigenvalue weighted by molar-refractivity contribution is -0.121. The number of aryl methyl sites for hydroxylation is 1. The number of nitrogens with zero attached hydrogens (tertiary/aromatic N) is 1. The Hall–Kier alpha value is -3.08. The topological polar surface area (TPSA) is 65.2 Å². The lowest BCUT2D eigenvalue weighted by Crippen LogP contribution is -2.34. The molecule has 0 aliphatic carbocycles. The summed E-state index contributed by atoms with van der Waals surface area (Å²) < 4.78 is 0. The number of H-pyrrole nitrogens is 1. The Labute approximate surface area is 190 Å². The number of unbranched alkanes of at least 4 members (excludes halogenated alkanes) is 4. The second kappa shape index (κ2) is 10.0. The molecule has 168 valence electrons. The van der Waals surface area contributed by atoms with Crippen LogP contribution < -0.4 is 5.32 Å². The molecule has 0 saturated heterocycles. The molecule has 1 aromatic heterocycles. The molecule has 0 spiro atoms. The number of para-hydroxylation sites is 1. The van der Waals surface area contributed by atoms with Gasteiger partial charge in [0.25, 0.3) is 5.91 Å². The largest absolute Gasteiger partial charge is 0.358 e. The Bertz CT molecular complexity index is 1100. The maximum absolute atomic E-state index is 13.3. The normalized spacial score (nSPS) is 15.4. The number of aromatic amines is 1. The van der Waals surface area contributed by atoms with Gasteiger partial charge >= 0.3 is 0 Å². The van der Waals surface area contributed by atoms with E-state index >= 15 is 0 Å². The molecule has 0 saturated carbocycles. The maximum Gasteiger partial charge on any atom is 0.255 e. The molecule has 1 atom stereocenters. The molecule has 3 aromatic rings. The molecule has 2 N–H and O–H groups in total. The van der Waals surface area contributed by atoms with Crippen LogP contribution in [0.3, 0.4) is 0 Å². The number of benzene rings is 2. The molecule has 0 fully saturated rings. The van der Waals surface area contributed by atoms with Gasteiger partial charge in [-0.2, -0.15) is 0 Å². The van der Waals surface area contributed by atoms with Gasteiger partial charge < -0.3 is 15.2 Å². The van der Waals surface area contributed by atoms with Crippen LogP contribution in [0.1, 0.15) is 78.7 Å². The Balaban J connectivity index is 1.50. The predicted octanol–water partition coefficient (Wildman–Crippen LogP) is 5.50. The highest BCUT2D eigenvalue weighted by atomic mass is 16.2. The van der Waals surface area contributed by atoms with Crippen LogP contribution in [0.4, 0.5) is 0 Å². The molecule has 5 nitrogen and oxygen atoms in total. The van der Waals surface area contributed by atoms with E-state index in [2.05, 4.69) is 36.3 Å². The van der Waals surface area contributed by atoms with Crippen LogP contribution >= 0.6 is 0 Å². The van der Waals surface area contributed by atoms with Crippen molar-refractivity contribution in [3.05, 3.63) is 70.9 Å². The van der Waals surface area contributed by atoms with E-state index in [4.69, 9.17) is 0 Å². The first-order valence-electron chi connectivity index (χ1n) is 11.9. The van der Waals surface area contributed by atoms with Gasteiger partial charge in [-0.3, -0.25) is 9.59 Å². The fourth-order valence-corrected chi connectivity index (χ4v) is 4.83. The fraction of sp³-hybridized carbons (Fsp3) is 0.407. The number of rotatable bonds is 10. The molecule has 0 unspecified atom stereocenters. The molecule has 32 heavy (non-hydrogen) atoms. The van der Waals surface area contributed by atoms with E-state index in [9.17, 15) is 9.59 Å². The summed E-state index contributed by atoms with van der Waals surface area (Å²) >= 11 is 0. The van der Waals surface area contributed by atoms with E-state index in [-0.39, 0.29) is 17.9 Å². The van der Waals surface area contributed by atoms with Gasteiger partial charge in [0, 0.05) is 47.2 Å². The smallest absolute Gasteiger partial charge is 0.255 e. The minimum atomic E-state index is -0.184. The number of carbonyl (C=O) groups excluding carboxylic acids is 2. The van der Waals surface area contributed by atoms with Crippen LogP contribution in [0.15, 0.2) is 48.5 Å². The minimum Gasteiger partial charge on any atom is -0.358 e. The van der Waals surface area contributed by atoms with Crippen LogP contribution in [0.5, 0.6) is 0 Å². The molecule has 1 aliphatic heterocycles. The highest BCUT2D eigenvalue weighted by Gasteiger charge is 2.39. The zero-order valence-corrected chi connectivity index (χ0v) is 19.1. The highest BCUT2D eigenvalue weighted by molar-refractivity contribution is 6.01.